The van der Waals surface area contributed by atoms with E-state index in [1.807, 2.05) is 32.9 Å². The first kappa shape index (κ1) is 39.2. The van der Waals surface area contributed by atoms with Crippen molar-refractivity contribution in [2.75, 3.05) is 44.8 Å². The van der Waals surface area contributed by atoms with E-state index in [-0.39, 0.29) is 24.3 Å². The van der Waals surface area contributed by atoms with Crippen LogP contribution in [-0.2, 0) is 16.0 Å². The van der Waals surface area contributed by atoms with Crippen LogP contribution in [0.15, 0.2) is 42.5 Å². The molecule has 1 fully saturated rings. The maximum Gasteiger partial charge on any atom is 0.224 e. The number of amides is 1. The molecule has 3 rings (SSSR count). The second-order valence-corrected chi connectivity index (χ2v) is 12.5. The van der Waals surface area contributed by atoms with Crippen LogP contribution in [0, 0.1) is 5.92 Å². The number of benzene rings is 2. The third kappa shape index (κ3) is 17.6. The smallest absolute Gasteiger partial charge is 0.224 e. The van der Waals surface area contributed by atoms with E-state index in [0.29, 0.717) is 49.2 Å². The fourth-order valence-corrected chi connectivity index (χ4v) is 4.18. The van der Waals surface area contributed by atoms with Crippen molar-refractivity contribution >= 4 is 17.4 Å². The second kappa shape index (κ2) is 21.7. The van der Waals surface area contributed by atoms with Gasteiger partial charge in [0.1, 0.15) is 36.9 Å². The van der Waals surface area contributed by atoms with E-state index in [9.17, 15) is 19.8 Å². The Morgan fingerprint density at radius 3 is 2.04 bits per heavy atom. The minimum Gasteiger partial charge on any atom is -0.491 e. The summed E-state index contributed by atoms with van der Waals surface area (Å²) >= 11 is 0. The molecule has 0 saturated heterocycles. The van der Waals surface area contributed by atoms with Crippen molar-refractivity contribution in [2.24, 2.45) is 5.92 Å². The Kier molecular flexibility index (Phi) is 18.5. The average Bonchev–Trinajstić information content (AvgIpc) is 3.85. The Balaban J connectivity index is 0.000000321. The van der Waals surface area contributed by atoms with E-state index >= 15 is 0 Å². The molecule has 2 aromatic carbocycles. The molecule has 1 amide bonds. The average molecular weight is 644 g/mol. The summed E-state index contributed by atoms with van der Waals surface area (Å²) in [7, 11) is 0. The first-order chi connectivity index (χ1) is 22.0. The van der Waals surface area contributed by atoms with Gasteiger partial charge in [0, 0.05) is 43.9 Å². The summed E-state index contributed by atoms with van der Waals surface area (Å²) in [5.41, 5.74) is 2.20. The molecule has 0 aromatic heterocycles. The van der Waals surface area contributed by atoms with Gasteiger partial charge < -0.3 is 40.4 Å². The number of Topliss-reactive ketones (excluding diaryl/α,β-unsaturated/α-hetero) is 1. The van der Waals surface area contributed by atoms with Crippen molar-refractivity contribution in [3.05, 3.63) is 53.6 Å². The molecule has 0 spiro atoms. The molecule has 0 radical (unpaired) electrons. The molecule has 0 aliphatic heterocycles. The van der Waals surface area contributed by atoms with Crippen LogP contribution in [0.1, 0.15) is 83.1 Å². The number of anilines is 1. The lowest BCUT2D eigenvalue weighted by atomic mass is 10.1. The van der Waals surface area contributed by atoms with Gasteiger partial charge in [-0.25, -0.2) is 0 Å². The summed E-state index contributed by atoms with van der Waals surface area (Å²) in [6.45, 7) is 14.5. The highest BCUT2D eigenvalue weighted by Gasteiger charge is 2.21. The van der Waals surface area contributed by atoms with Gasteiger partial charge in [0.05, 0.1) is 12.2 Å². The van der Waals surface area contributed by atoms with E-state index in [1.54, 1.807) is 18.2 Å². The summed E-state index contributed by atoms with van der Waals surface area (Å²) in [5.74, 6) is 1.78. The van der Waals surface area contributed by atoms with Gasteiger partial charge in [-0.15, -0.1) is 0 Å². The van der Waals surface area contributed by atoms with Gasteiger partial charge in [0.15, 0.2) is 5.78 Å². The monoisotopic (exact) mass is 643 g/mol. The van der Waals surface area contributed by atoms with Gasteiger partial charge >= 0.3 is 0 Å². The molecule has 0 heterocycles. The Labute approximate surface area is 275 Å². The quantitative estimate of drug-likeness (QED) is 0.0963. The first-order valence-electron chi connectivity index (χ1n) is 16.7. The zero-order valence-electron chi connectivity index (χ0n) is 28.6. The number of carbonyl (C=O) groups excluding carboxylic acids is 2. The van der Waals surface area contributed by atoms with Crippen LogP contribution in [0.2, 0.25) is 0 Å². The van der Waals surface area contributed by atoms with Gasteiger partial charge in [-0.1, -0.05) is 46.8 Å². The highest BCUT2D eigenvalue weighted by Crippen LogP contribution is 2.28. The molecule has 10 nitrogen and oxygen atoms in total. The summed E-state index contributed by atoms with van der Waals surface area (Å²) in [6.07, 6.45) is 3.65. The number of hydrogen-bond donors (Lipinski definition) is 5. The topological polar surface area (TPSA) is 138 Å². The summed E-state index contributed by atoms with van der Waals surface area (Å²) in [4.78, 5) is 23.5. The van der Waals surface area contributed by atoms with Crippen molar-refractivity contribution < 1.29 is 34.0 Å². The highest BCUT2D eigenvalue weighted by atomic mass is 16.5. The number of hydrogen-bond acceptors (Lipinski definition) is 9. The van der Waals surface area contributed by atoms with Crippen molar-refractivity contribution in [1.82, 2.24) is 10.6 Å². The summed E-state index contributed by atoms with van der Waals surface area (Å²) in [5, 5.41) is 28.8. The molecule has 1 saturated carbocycles. The van der Waals surface area contributed by atoms with Crippen LogP contribution in [0.25, 0.3) is 0 Å². The number of rotatable bonds is 21. The van der Waals surface area contributed by atoms with E-state index in [1.165, 1.54) is 25.3 Å². The van der Waals surface area contributed by atoms with Crippen LogP contribution < -0.4 is 25.4 Å². The zero-order chi connectivity index (χ0) is 33.9. The Hall–Kier alpha value is -3.02. The molecule has 2 atom stereocenters. The SMILES string of the molecule is CC(C)NCC(O)COc1ccc(CCOCC2CC2)cc1.CCCC(=O)Nc1ccc(OCC(O)CNC(C)C)c(C(C)=O)c1. The number of aliphatic hydroxyl groups excluding tert-OH is 2. The van der Waals surface area contributed by atoms with Crippen LogP contribution in [0.5, 0.6) is 11.5 Å². The second-order valence-electron chi connectivity index (χ2n) is 12.5. The van der Waals surface area contributed by atoms with Gasteiger partial charge in [-0.2, -0.15) is 0 Å². The molecule has 46 heavy (non-hydrogen) atoms. The van der Waals surface area contributed by atoms with Gasteiger partial charge in [0.2, 0.25) is 5.91 Å². The van der Waals surface area contributed by atoms with E-state index in [0.717, 1.165) is 37.7 Å². The number of nitrogens with one attached hydrogen (secondary N) is 3. The molecule has 2 aromatic rings. The van der Waals surface area contributed by atoms with Crippen molar-refractivity contribution in [3.8, 4) is 11.5 Å². The standard InChI is InChI=1S/C18H28N2O4.C18H29NO3/c1-5-6-18(23)20-14-7-8-17(16(9-14)13(4)21)24-11-15(22)10-19-12(2)3;1-14(2)19-11-17(20)13-22-18-7-5-15(6-8-18)9-10-21-12-16-3-4-16/h7-9,12,15,19,22H,5-6,10-11H2,1-4H3,(H,20,23);5-8,14,16-17,19-20H,3-4,9-13H2,1-2H3. The first-order valence-corrected chi connectivity index (χ1v) is 16.7. The lowest BCUT2D eigenvalue weighted by Crippen LogP contribution is -2.35. The summed E-state index contributed by atoms with van der Waals surface area (Å²) < 4.78 is 16.8. The van der Waals surface area contributed by atoms with Crippen molar-refractivity contribution in [1.29, 1.82) is 0 Å². The van der Waals surface area contributed by atoms with Gasteiger partial charge in [-0.3, -0.25) is 9.59 Å². The lowest BCUT2D eigenvalue weighted by Gasteiger charge is -2.17. The fourth-order valence-electron chi connectivity index (χ4n) is 4.18. The van der Waals surface area contributed by atoms with E-state index in [2.05, 4.69) is 41.9 Å². The lowest BCUT2D eigenvalue weighted by molar-refractivity contribution is -0.116. The molecule has 5 N–H and O–H groups in total. The third-order valence-electron chi connectivity index (χ3n) is 7.03. The number of carbonyl (C=O) groups is 2. The minimum absolute atomic E-state index is 0.0849. The molecule has 10 heteroatoms. The number of ketones is 1. The normalized spacial score (nSPS) is 14.0. The predicted octanol–water partition coefficient (Wildman–Crippen LogP) is 4.76. The molecule has 1 aliphatic rings. The van der Waals surface area contributed by atoms with Gasteiger partial charge in [-0.05, 0) is 74.4 Å². The molecule has 258 valence electrons. The molecular formula is C36H57N3O7. The molecule has 0 bridgehead atoms. The number of ether oxygens (including phenoxy) is 3. The van der Waals surface area contributed by atoms with E-state index in [4.69, 9.17) is 14.2 Å². The summed E-state index contributed by atoms with van der Waals surface area (Å²) in [6, 6.07) is 13.6. The fraction of sp³-hybridized carbons (Fsp3) is 0.611. The highest BCUT2D eigenvalue weighted by molar-refractivity contribution is 5.99. The molecule has 2 unspecified atom stereocenters. The van der Waals surface area contributed by atoms with Crippen LogP contribution in [0.3, 0.4) is 0 Å². The van der Waals surface area contributed by atoms with Crippen molar-refractivity contribution in [3.63, 3.8) is 0 Å². The largest absolute Gasteiger partial charge is 0.491 e. The molecule has 1 aliphatic carbocycles. The Morgan fingerprint density at radius 1 is 0.891 bits per heavy atom. The van der Waals surface area contributed by atoms with Crippen LogP contribution in [0.4, 0.5) is 5.69 Å². The molecular weight excluding hydrogens is 586 g/mol. The van der Waals surface area contributed by atoms with Gasteiger partial charge in [0.25, 0.3) is 0 Å². The van der Waals surface area contributed by atoms with Crippen molar-refractivity contribution in [2.45, 2.75) is 97.9 Å². The van der Waals surface area contributed by atoms with Crippen LogP contribution >= 0.6 is 0 Å². The van der Waals surface area contributed by atoms with Crippen LogP contribution in [-0.4, -0.2) is 85.7 Å². The minimum atomic E-state index is -0.670. The predicted molar refractivity (Wildman–Crippen MR) is 183 cm³/mol. The maximum atomic E-state index is 11.8. The number of aliphatic hydroxyl groups is 2. The maximum absolute atomic E-state index is 11.8. The van der Waals surface area contributed by atoms with E-state index < -0.39 is 12.2 Å². The zero-order valence-corrected chi connectivity index (χ0v) is 28.6. The Bertz CT molecular complexity index is 1150. The Morgan fingerprint density at radius 2 is 1.50 bits per heavy atom. The third-order valence-corrected chi connectivity index (χ3v) is 7.03.